The first-order valence-electron chi connectivity index (χ1n) is 8.55. The van der Waals surface area contributed by atoms with Crippen molar-refractivity contribution in [1.82, 2.24) is 4.90 Å². The zero-order chi connectivity index (χ0) is 16.9. The summed E-state index contributed by atoms with van der Waals surface area (Å²) in [4.78, 5) is 2.35. The summed E-state index contributed by atoms with van der Waals surface area (Å²) >= 11 is 0. The number of para-hydroxylation sites is 2. The normalized spacial score (nSPS) is 22.8. The van der Waals surface area contributed by atoms with Gasteiger partial charge in [0.25, 0.3) is 0 Å². The summed E-state index contributed by atoms with van der Waals surface area (Å²) in [6.45, 7) is 3.83. The highest BCUT2D eigenvalue weighted by Crippen LogP contribution is 2.28. The van der Waals surface area contributed by atoms with Gasteiger partial charge in [-0.25, -0.2) is 0 Å². The van der Waals surface area contributed by atoms with E-state index in [1.165, 1.54) is 5.56 Å². The molecule has 3 rings (SSSR count). The van der Waals surface area contributed by atoms with Crippen LogP contribution in [-0.4, -0.2) is 42.4 Å². The Labute approximate surface area is 144 Å². The zero-order valence-electron chi connectivity index (χ0n) is 14.4. The van der Waals surface area contributed by atoms with Crippen molar-refractivity contribution in [3.63, 3.8) is 0 Å². The molecule has 4 heteroatoms. The topological polar surface area (TPSA) is 44.7 Å². The molecular weight excluding hydrogens is 300 g/mol. The maximum absolute atomic E-state index is 10.6. The minimum atomic E-state index is -0.408. The van der Waals surface area contributed by atoms with Gasteiger partial charge in [-0.15, -0.1) is 0 Å². The Morgan fingerprint density at radius 1 is 1.12 bits per heavy atom. The number of β-amino-alcohol motifs (C(OH)–C–C–N with tert-alkyl or cyclic N) is 1. The predicted molar refractivity (Wildman–Crippen MR) is 97.5 cm³/mol. The fraction of sp³-hybridized carbons (Fsp3) is 0.400. The molecule has 0 radical (unpaired) electrons. The molecule has 24 heavy (non-hydrogen) atoms. The number of rotatable bonds is 5. The summed E-state index contributed by atoms with van der Waals surface area (Å²) in [5, 5.41) is 14.1. The van der Waals surface area contributed by atoms with Crippen LogP contribution in [0, 0.1) is 0 Å². The quantitative estimate of drug-likeness (QED) is 0.885. The SMILES string of the molecule is COc1ccccc1N[C@@H]1CCN(C(C)c2ccccc2)C[C@H]1O. The highest BCUT2D eigenvalue weighted by Gasteiger charge is 2.30. The van der Waals surface area contributed by atoms with E-state index in [1.54, 1.807) is 7.11 Å². The van der Waals surface area contributed by atoms with Crippen LogP contribution in [0.4, 0.5) is 5.69 Å². The van der Waals surface area contributed by atoms with Gasteiger partial charge in [0.1, 0.15) is 5.75 Å². The minimum absolute atomic E-state index is 0.0422. The van der Waals surface area contributed by atoms with E-state index in [1.807, 2.05) is 30.3 Å². The number of likely N-dealkylation sites (tertiary alicyclic amines) is 1. The Bertz CT molecular complexity index is 647. The zero-order valence-corrected chi connectivity index (χ0v) is 14.4. The third-order valence-corrected chi connectivity index (χ3v) is 4.89. The summed E-state index contributed by atoms with van der Waals surface area (Å²) in [6.07, 6.45) is 0.492. The van der Waals surface area contributed by atoms with Crippen molar-refractivity contribution in [3.05, 3.63) is 60.2 Å². The number of nitrogens with zero attached hydrogens (tertiary/aromatic N) is 1. The number of anilines is 1. The Balaban J connectivity index is 1.63. The van der Waals surface area contributed by atoms with E-state index in [0.717, 1.165) is 24.4 Å². The van der Waals surface area contributed by atoms with Gasteiger partial charge < -0.3 is 15.2 Å². The number of ether oxygens (including phenoxy) is 1. The Morgan fingerprint density at radius 3 is 2.54 bits per heavy atom. The van der Waals surface area contributed by atoms with E-state index in [-0.39, 0.29) is 6.04 Å². The molecular formula is C20H26N2O2. The van der Waals surface area contributed by atoms with Gasteiger partial charge in [0.05, 0.1) is 24.9 Å². The molecule has 0 aliphatic carbocycles. The van der Waals surface area contributed by atoms with Gasteiger partial charge in [-0.2, -0.15) is 0 Å². The summed E-state index contributed by atoms with van der Waals surface area (Å²) in [5.41, 5.74) is 2.23. The van der Waals surface area contributed by atoms with Crippen molar-refractivity contribution in [2.75, 3.05) is 25.5 Å². The number of piperidine rings is 1. The number of aliphatic hydroxyl groups is 1. The monoisotopic (exact) mass is 326 g/mol. The lowest BCUT2D eigenvalue weighted by Gasteiger charge is -2.40. The van der Waals surface area contributed by atoms with E-state index in [4.69, 9.17) is 4.74 Å². The predicted octanol–water partition coefficient (Wildman–Crippen LogP) is 3.30. The van der Waals surface area contributed by atoms with Crippen molar-refractivity contribution >= 4 is 5.69 Å². The maximum atomic E-state index is 10.6. The van der Waals surface area contributed by atoms with Crippen LogP contribution >= 0.6 is 0 Å². The molecule has 0 bridgehead atoms. The number of benzene rings is 2. The second-order valence-electron chi connectivity index (χ2n) is 6.39. The average Bonchev–Trinajstić information content (AvgIpc) is 2.64. The molecule has 2 aromatic rings. The number of methoxy groups -OCH3 is 1. The fourth-order valence-corrected chi connectivity index (χ4v) is 3.38. The first-order chi connectivity index (χ1) is 11.7. The lowest BCUT2D eigenvalue weighted by molar-refractivity contribution is 0.0407. The third kappa shape index (κ3) is 3.71. The second kappa shape index (κ2) is 7.69. The van der Waals surface area contributed by atoms with Crippen molar-refractivity contribution in [2.45, 2.75) is 31.5 Å². The molecule has 1 aliphatic rings. The highest BCUT2D eigenvalue weighted by molar-refractivity contribution is 5.56. The Kier molecular flexibility index (Phi) is 5.38. The number of hydrogen-bond acceptors (Lipinski definition) is 4. The lowest BCUT2D eigenvalue weighted by atomic mass is 9.97. The molecule has 1 heterocycles. The van der Waals surface area contributed by atoms with Crippen molar-refractivity contribution in [1.29, 1.82) is 0 Å². The molecule has 0 saturated carbocycles. The molecule has 0 amide bonds. The van der Waals surface area contributed by atoms with E-state index in [2.05, 4.69) is 41.4 Å². The summed E-state index contributed by atoms with van der Waals surface area (Å²) in [6, 6.07) is 18.7. The van der Waals surface area contributed by atoms with E-state index < -0.39 is 6.10 Å². The molecule has 1 saturated heterocycles. The molecule has 1 unspecified atom stereocenters. The van der Waals surface area contributed by atoms with Crippen LogP contribution in [0.5, 0.6) is 5.75 Å². The number of nitrogens with one attached hydrogen (secondary N) is 1. The van der Waals surface area contributed by atoms with Crippen LogP contribution in [0.3, 0.4) is 0 Å². The first kappa shape index (κ1) is 16.8. The third-order valence-electron chi connectivity index (χ3n) is 4.89. The molecule has 4 nitrogen and oxygen atoms in total. The molecule has 3 atom stereocenters. The van der Waals surface area contributed by atoms with Gasteiger partial charge >= 0.3 is 0 Å². The van der Waals surface area contributed by atoms with Gasteiger partial charge in [-0.1, -0.05) is 42.5 Å². The van der Waals surface area contributed by atoms with Gasteiger partial charge in [-0.05, 0) is 31.0 Å². The van der Waals surface area contributed by atoms with Crippen molar-refractivity contribution in [3.8, 4) is 5.75 Å². The average molecular weight is 326 g/mol. The molecule has 1 aliphatic heterocycles. The van der Waals surface area contributed by atoms with Gasteiger partial charge in [0.15, 0.2) is 0 Å². The summed E-state index contributed by atoms with van der Waals surface area (Å²) in [5.74, 6) is 0.810. The molecule has 0 aromatic heterocycles. The van der Waals surface area contributed by atoms with Crippen LogP contribution in [0.1, 0.15) is 24.9 Å². The fourth-order valence-electron chi connectivity index (χ4n) is 3.38. The smallest absolute Gasteiger partial charge is 0.141 e. The number of hydrogen-bond donors (Lipinski definition) is 2. The van der Waals surface area contributed by atoms with Crippen molar-refractivity contribution in [2.24, 2.45) is 0 Å². The van der Waals surface area contributed by atoms with Crippen molar-refractivity contribution < 1.29 is 9.84 Å². The summed E-state index contributed by atoms with van der Waals surface area (Å²) in [7, 11) is 1.67. The highest BCUT2D eigenvalue weighted by atomic mass is 16.5. The maximum Gasteiger partial charge on any atom is 0.141 e. The minimum Gasteiger partial charge on any atom is -0.495 e. The molecule has 2 N–H and O–H groups in total. The van der Waals surface area contributed by atoms with Crippen LogP contribution in [0.15, 0.2) is 54.6 Å². The molecule has 2 aromatic carbocycles. The Hall–Kier alpha value is -2.04. The number of aliphatic hydroxyl groups excluding tert-OH is 1. The van der Waals surface area contributed by atoms with E-state index in [0.29, 0.717) is 12.6 Å². The lowest BCUT2D eigenvalue weighted by Crippen LogP contribution is -2.50. The van der Waals surface area contributed by atoms with Crippen LogP contribution in [0.25, 0.3) is 0 Å². The van der Waals surface area contributed by atoms with Gasteiger partial charge in [-0.3, -0.25) is 4.90 Å². The van der Waals surface area contributed by atoms with Crippen LogP contribution < -0.4 is 10.1 Å². The van der Waals surface area contributed by atoms with Gasteiger partial charge in [0.2, 0.25) is 0 Å². The first-order valence-corrected chi connectivity index (χ1v) is 8.55. The summed E-state index contributed by atoms with van der Waals surface area (Å²) < 4.78 is 5.38. The standard InChI is InChI=1S/C20H26N2O2/c1-15(16-8-4-3-5-9-16)22-13-12-17(19(23)14-22)21-18-10-6-7-11-20(18)24-2/h3-11,15,17,19,21,23H,12-14H2,1-2H3/t15?,17-,19-/m1/s1. The Morgan fingerprint density at radius 2 is 1.83 bits per heavy atom. The van der Waals surface area contributed by atoms with E-state index >= 15 is 0 Å². The van der Waals surface area contributed by atoms with E-state index in [9.17, 15) is 5.11 Å². The largest absolute Gasteiger partial charge is 0.495 e. The van der Waals surface area contributed by atoms with Gasteiger partial charge in [0, 0.05) is 19.1 Å². The molecule has 128 valence electrons. The molecule has 1 fully saturated rings. The van der Waals surface area contributed by atoms with Crippen LogP contribution in [0.2, 0.25) is 0 Å². The molecule has 0 spiro atoms. The van der Waals surface area contributed by atoms with Crippen LogP contribution in [-0.2, 0) is 0 Å². The second-order valence-corrected chi connectivity index (χ2v) is 6.39.